The number of halogens is 1. The third-order valence-electron chi connectivity index (χ3n) is 3.27. The van der Waals surface area contributed by atoms with Gasteiger partial charge in [-0.05, 0) is 41.9 Å². The molecule has 0 fully saturated rings. The van der Waals surface area contributed by atoms with E-state index < -0.39 is 0 Å². The van der Waals surface area contributed by atoms with Gasteiger partial charge in [0.05, 0.1) is 0 Å². The predicted octanol–water partition coefficient (Wildman–Crippen LogP) is 3.57. The normalized spacial score (nSPS) is 10.6. The quantitative estimate of drug-likeness (QED) is 0.865. The fourth-order valence-corrected chi connectivity index (χ4v) is 2.14. The molecule has 0 aromatic heterocycles. The number of hydrogen-bond donors (Lipinski definition) is 1. The van der Waals surface area contributed by atoms with E-state index in [1.807, 2.05) is 13.1 Å². The van der Waals surface area contributed by atoms with Gasteiger partial charge in [0.2, 0.25) is 0 Å². The molecule has 0 bridgehead atoms. The Labute approximate surface area is 120 Å². The average Bonchev–Trinajstić information content (AvgIpc) is 2.45. The van der Waals surface area contributed by atoms with Gasteiger partial charge in [0.1, 0.15) is 5.82 Å². The maximum absolute atomic E-state index is 13.2. The van der Waals surface area contributed by atoms with Crippen molar-refractivity contribution < 1.29 is 4.39 Å². The molecule has 106 valence electrons. The molecular weight excluding hydrogens is 251 g/mol. The molecule has 0 radical (unpaired) electrons. The minimum absolute atomic E-state index is 0.183. The van der Waals surface area contributed by atoms with Crippen molar-refractivity contribution in [2.45, 2.75) is 20.0 Å². The van der Waals surface area contributed by atoms with Crippen molar-refractivity contribution in [2.24, 2.45) is 0 Å². The van der Waals surface area contributed by atoms with Crippen molar-refractivity contribution in [3.05, 3.63) is 65.5 Å². The summed E-state index contributed by atoms with van der Waals surface area (Å²) in [6.07, 6.45) is 0. The van der Waals surface area contributed by atoms with Gasteiger partial charge in [-0.1, -0.05) is 31.2 Å². The first-order valence-corrected chi connectivity index (χ1v) is 6.94. The van der Waals surface area contributed by atoms with E-state index in [0.717, 1.165) is 24.3 Å². The van der Waals surface area contributed by atoms with Gasteiger partial charge in [0.25, 0.3) is 0 Å². The number of benzene rings is 2. The Morgan fingerprint density at radius 2 is 1.80 bits per heavy atom. The molecule has 3 heteroatoms. The van der Waals surface area contributed by atoms with Crippen LogP contribution in [0, 0.1) is 5.82 Å². The molecule has 2 nitrogen and oxygen atoms in total. The summed E-state index contributed by atoms with van der Waals surface area (Å²) in [5.74, 6) is -0.183. The number of anilines is 1. The van der Waals surface area contributed by atoms with Gasteiger partial charge in [-0.3, -0.25) is 0 Å². The molecule has 0 aliphatic rings. The van der Waals surface area contributed by atoms with Crippen molar-refractivity contribution >= 4 is 5.69 Å². The lowest BCUT2D eigenvalue weighted by molar-refractivity contribution is 0.625. The highest BCUT2D eigenvalue weighted by Gasteiger charge is 2.03. The Hall–Kier alpha value is -1.87. The first kappa shape index (κ1) is 14.5. The smallest absolute Gasteiger partial charge is 0.123 e. The van der Waals surface area contributed by atoms with Crippen LogP contribution in [0.4, 0.5) is 10.1 Å². The topological polar surface area (TPSA) is 15.3 Å². The lowest BCUT2D eigenvalue weighted by Crippen LogP contribution is -2.16. The third-order valence-corrected chi connectivity index (χ3v) is 3.27. The van der Waals surface area contributed by atoms with Crippen LogP contribution in [0.15, 0.2) is 48.5 Å². The van der Waals surface area contributed by atoms with Gasteiger partial charge in [0, 0.05) is 25.8 Å². The van der Waals surface area contributed by atoms with E-state index in [9.17, 15) is 4.39 Å². The monoisotopic (exact) mass is 272 g/mol. The summed E-state index contributed by atoms with van der Waals surface area (Å²) >= 11 is 0. The second-order valence-electron chi connectivity index (χ2n) is 4.93. The number of nitrogens with zero attached hydrogens (tertiary/aromatic N) is 1. The van der Waals surface area contributed by atoms with E-state index in [2.05, 4.69) is 41.4 Å². The van der Waals surface area contributed by atoms with Gasteiger partial charge in [0.15, 0.2) is 0 Å². The van der Waals surface area contributed by atoms with E-state index in [1.165, 1.54) is 11.6 Å². The van der Waals surface area contributed by atoms with E-state index in [-0.39, 0.29) is 5.82 Å². The fourth-order valence-electron chi connectivity index (χ4n) is 2.14. The Balaban J connectivity index is 2.00. The summed E-state index contributed by atoms with van der Waals surface area (Å²) in [4.78, 5) is 2.12. The standard InChI is InChI=1S/C17H21FN2/c1-3-19-12-14-7-9-17(10-8-14)20(2)13-15-5-4-6-16(18)11-15/h4-11,19H,3,12-13H2,1-2H3. The molecular formula is C17H21FN2. The van der Waals surface area contributed by atoms with Crippen LogP contribution in [0.3, 0.4) is 0 Å². The first-order chi connectivity index (χ1) is 9.69. The summed E-state index contributed by atoms with van der Waals surface area (Å²) in [7, 11) is 2.02. The Morgan fingerprint density at radius 3 is 2.45 bits per heavy atom. The lowest BCUT2D eigenvalue weighted by atomic mass is 10.1. The second kappa shape index (κ2) is 7.06. The van der Waals surface area contributed by atoms with Gasteiger partial charge in [-0.15, -0.1) is 0 Å². The van der Waals surface area contributed by atoms with E-state index in [4.69, 9.17) is 0 Å². The summed E-state index contributed by atoms with van der Waals surface area (Å²) in [6.45, 7) is 4.66. The van der Waals surface area contributed by atoms with Gasteiger partial charge >= 0.3 is 0 Å². The predicted molar refractivity (Wildman–Crippen MR) is 82.3 cm³/mol. The zero-order valence-corrected chi connectivity index (χ0v) is 12.1. The Bertz CT molecular complexity index is 537. The summed E-state index contributed by atoms with van der Waals surface area (Å²) < 4.78 is 13.2. The van der Waals surface area contributed by atoms with Crippen LogP contribution in [0.1, 0.15) is 18.1 Å². The molecule has 2 aromatic carbocycles. The number of rotatable bonds is 6. The highest BCUT2D eigenvalue weighted by molar-refractivity contribution is 5.47. The molecule has 0 amide bonds. The molecule has 20 heavy (non-hydrogen) atoms. The maximum Gasteiger partial charge on any atom is 0.123 e. The van der Waals surface area contributed by atoms with Crippen LogP contribution in [-0.2, 0) is 13.1 Å². The molecule has 0 unspecified atom stereocenters. The van der Waals surface area contributed by atoms with Crippen LogP contribution in [0.5, 0.6) is 0 Å². The zero-order valence-electron chi connectivity index (χ0n) is 12.1. The van der Waals surface area contributed by atoms with Gasteiger partial charge in [-0.2, -0.15) is 0 Å². The van der Waals surface area contributed by atoms with E-state index in [1.54, 1.807) is 12.1 Å². The summed E-state index contributed by atoms with van der Waals surface area (Å²) in [5, 5.41) is 3.30. The molecule has 0 spiro atoms. The van der Waals surface area contributed by atoms with Crippen LogP contribution in [0.25, 0.3) is 0 Å². The van der Waals surface area contributed by atoms with Crippen molar-refractivity contribution in [1.82, 2.24) is 5.32 Å². The molecule has 2 aromatic rings. The summed E-state index contributed by atoms with van der Waals surface area (Å²) in [5.41, 5.74) is 3.38. The first-order valence-electron chi connectivity index (χ1n) is 6.94. The zero-order chi connectivity index (χ0) is 14.4. The van der Waals surface area contributed by atoms with E-state index in [0.29, 0.717) is 6.54 Å². The molecule has 0 aliphatic heterocycles. The van der Waals surface area contributed by atoms with Crippen LogP contribution in [-0.4, -0.2) is 13.6 Å². The molecule has 1 N–H and O–H groups in total. The largest absolute Gasteiger partial charge is 0.370 e. The van der Waals surface area contributed by atoms with E-state index >= 15 is 0 Å². The minimum Gasteiger partial charge on any atom is -0.370 e. The number of nitrogens with one attached hydrogen (secondary N) is 1. The van der Waals surface area contributed by atoms with Crippen molar-refractivity contribution in [3.8, 4) is 0 Å². The van der Waals surface area contributed by atoms with Crippen molar-refractivity contribution in [1.29, 1.82) is 0 Å². The highest BCUT2D eigenvalue weighted by atomic mass is 19.1. The highest BCUT2D eigenvalue weighted by Crippen LogP contribution is 2.17. The van der Waals surface area contributed by atoms with Gasteiger partial charge < -0.3 is 10.2 Å². The molecule has 0 saturated heterocycles. The van der Waals surface area contributed by atoms with Crippen LogP contribution in [0.2, 0.25) is 0 Å². The maximum atomic E-state index is 13.2. The Kier molecular flexibility index (Phi) is 5.13. The fraction of sp³-hybridized carbons (Fsp3) is 0.294. The van der Waals surface area contributed by atoms with Crippen LogP contribution >= 0.6 is 0 Å². The SMILES string of the molecule is CCNCc1ccc(N(C)Cc2cccc(F)c2)cc1. The van der Waals surface area contributed by atoms with Gasteiger partial charge in [-0.25, -0.2) is 4.39 Å². The minimum atomic E-state index is -0.183. The molecule has 0 atom stereocenters. The second-order valence-corrected chi connectivity index (χ2v) is 4.93. The molecule has 2 rings (SSSR count). The van der Waals surface area contributed by atoms with Crippen LogP contribution < -0.4 is 10.2 Å². The molecule has 0 saturated carbocycles. The third kappa shape index (κ3) is 4.07. The molecule has 0 aliphatic carbocycles. The summed E-state index contributed by atoms with van der Waals surface area (Å²) in [6, 6.07) is 15.2. The average molecular weight is 272 g/mol. The number of hydrogen-bond acceptors (Lipinski definition) is 2. The van der Waals surface area contributed by atoms with Crippen molar-refractivity contribution in [2.75, 3.05) is 18.5 Å². The molecule has 0 heterocycles. The van der Waals surface area contributed by atoms with Crippen molar-refractivity contribution in [3.63, 3.8) is 0 Å². The Morgan fingerprint density at radius 1 is 1.05 bits per heavy atom. The lowest BCUT2D eigenvalue weighted by Gasteiger charge is -2.20.